The molecule has 0 N–H and O–H groups in total. The van der Waals surface area contributed by atoms with Gasteiger partial charge in [0.2, 0.25) is 15.2 Å². The SMILES string of the molecule is CC1CN(c2nc(Cc3ccc(Cl)cc3)ns2)CCN1S(=O)(=O)c1ccc(C(C)(C)C)cc1. The zero-order chi connectivity index (χ0) is 23.8. The van der Waals surface area contributed by atoms with Gasteiger partial charge >= 0.3 is 0 Å². The number of piperazine rings is 1. The number of halogens is 1. The summed E-state index contributed by atoms with van der Waals surface area (Å²) in [4.78, 5) is 7.17. The predicted octanol–water partition coefficient (Wildman–Crippen LogP) is 4.98. The summed E-state index contributed by atoms with van der Waals surface area (Å²) in [7, 11) is -3.55. The number of nitrogens with zero attached hydrogens (tertiary/aromatic N) is 4. The normalized spacial score (nSPS) is 18.0. The smallest absolute Gasteiger partial charge is 0.243 e. The van der Waals surface area contributed by atoms with Crippen molar-refractivity contribution in [3.8, 4) is 0 Å². The maximum atomic E-state index is 13.3. The molecule has 0 aliphatic carbocycles. The van der Waals surface area contributed by atoms with Crippen molar-refractivity contribution in [1.29, 1.82) is 0 Å². The van der Waals surface area contributed by atoms with Crippen molar-refractivity contribution in [2.24, 2.45) is 0 Å². The maximum Gasteiger partial charge on any atom is 0.243 e. The van der Waals surface area contributed by atoms with Crippen LogP contribution < -0.4 is 4.90 Å². The molecule has 2 aromatic carbocycles. The molecule has 0 saturated carbocycles. The van der Waals surface area contributed by atoms with Crippen LogP contribution in [0.4, 0.5) is 5.13 Å². The minimum Gasteiger partial charge on any atom is -0.344 e. The van der Waals surface area contributed by atoms with Gasteiger partial charge in [-0.3, -0.25) is 0 Å². The van der Waals surface area contributed by atoms with Crippen molar-refractivity contribution in [2.45, 2.75) is 50.5 Å². The molecule has 1 atom stereocenters. The zero-order valence-electron chi connectivity index (χ0n) is 19.3. The van der Waals surface area contributed by atoms with Gasteiger partial charge in [-0.2, -0.15) is 8.68 Å². The summed E-state index contributed by atoms with van der Waals surface area (Å²) < 4.78 is 32.7. The van der Waals surface area contributed by atoms with E-state index >= 15 is 0 Å². The fourth-order valence-electron chi connectivity index (χ4n) is 3.96. The van der Waals surface area contributed by atoms with E-state index in [0.717, 1.165) is 22.1 Å². The lowest BCUT2D eigenvalue weighted by atomic mass is 9.87. The highest BCUT2D eigenvalue weighted by molar-refractivity contribution is 7.89. The standard InChI is InChI=1S/C24H29ClN4O2S2/c1-17-16-28(23-26-22(27-32-23)15-18-5-9-20(25)10-6-18)13-14-29(17)33(30,31)21-11-7-19(8-12-21)24(2,3)4/h5-12,17H,13-16H2,1-4H3. The van der Waals surface area contributed by atoms with Gasteiger partial charge in [0.1, 0.15) is 5.82 Å². The van der Waals surface area contributed by atoms with Gasteiger partial charge in [-0.25, -0.2) is 13.4 Å². The molecule has 176 valence electrons. The Hall–Kier alpha value is -2.00. The summed E-state index contributed by atoms with van der Waals surface area (Å²) in [5.74, 6) is 0.763. The Bertz CT molecular complexity index is 1200. The molecule has 0 bridgehead atoms. The van der Waals surface area contributed by atoms with E-state index in [9.17, 15) is 8.42 Å². The average molecular weight is 505 g/mol. The van der Waals surface area contributed by atoms with Crippen LogP contribution in [-0.4, -0.2) is 47.8 Å². The topological polar surface area (TPSA) is 66.4 Å². The monoisotopic (exact) mass is 504 g/mol. The Labute approximate surface area is 205 Å². The van der Waals surface area contributed by atoms with Gasteiger partial charge in [0.15, 0.2) is 0 Å². The van der Waals surface area contributed by atoms with Crippen molar-refractivity contribution in [3.63, 3.8) is 0 Å². The molecule has 1 unspecified atom stereocenters. The molecular weight excluding hydrogens is 476 g/mol. The van der Waals surface area contributed by atoms with E-state index in [2.05, 4.69) is 30.0 Å². The summed E-state index contributed by atoms with van der Waals surface area (Å²) in [6.45, 7) is 9.87. The number of hydrogen-bond donors (Lipinski definition) is 0. The second kappa shape index (κ2) is 9.33. The third kappa shape index (κ3) is 5.40. The number of hydrogen-bond acceptors (Lipinski definition) is 6. The lowest BCUT2D eigenvalue weighted by molar-refractivity contribution is 0.306. The molecule has 1 aliphatic rings. The van der Waals surface area contributed by atoms with Crippen LogP contribution in [0.15, 0.2) is 53.4 Å². The number of sulfonamides is 1. The average Bonchev–Trinajstić information content (AvgIpc) is 3.23. The van der Waals surface area contributed by atoms with Crippen LogP contribution in [0.25, 0.3) is 0 Å². The highest BCUT2D eigenvalue weighted by Crippen LogP contribution is 2.28. The van der Waals surface area contributed by atoms with Crippen molar-refractivity contribution >= 4 is 38.3 Å². The molecule has 3 aromatic rings. The molecule has 6 nitrogen and oxygen atoms in total. The minimum atomic E-state index is -3.55. The first kappa shape index (κ1) is 24.1. The second-order valence-electron chi connectivity index (χ2n) is 9.48. The van der Waals surface area contributed by atoms with Gasteiger partial charge in [-0.1, -0.05) is 56.6 Å². The summed E-state index contributed by atoms with van der Waals surface area (Å²) in [6.07, 6.45) is 0.641. The number of aromatic nitrogens is 2. The summed E-state index contributed by atoms with van der Waals surface area (Å²) in [6, 6.07) is 14.8. The van der Waals surface area contributed by atoms with Crippen LogP contribution in [0.1, 0.15) is 44.6 Å². The second-order valence-corrected chi connectivity index (χ2v) is 12.5. The molecular formula is C24H29ClN4O2S2. The summed E-state index contributed by atoms with van der Waals surface area (Å²) in [5.41, 5.74) is 2.20. The van der Waals surface area contributed by atoms with Crippen LogP contribution in [0, 0.1) is 0 Å². The molecule has 1 fully saturated rings. The first-order chi connectivity index (χ1) is 15.5. The Balaban J connectivity index is 1.43. The maximum absolute atomic E-state index is 13.3. The van der Waals surface area contributed by atoms with E-state index in [1.807, 2.05) is 43.3 Å². The number of benzene rings is 2. The van der Waals surface area contributed by atoms with Crippen molar-refractivity contribution in [2.75, 3.05) is 24.5 Å². The molecule has 0 radical (unpaired) electrons. The van der Waals surface area contributed by atoms with Crippen molar-refractivity contribution in [3.05, 3.63) is 70.5 Å². The summed E-state index contributed by atoms with van der Waals surface area (Å²) in [5, 5.41) is 1.54. The molecule has 9 heteroatoms. The fraction of sp³-hybridized carbons (Fsp3) is 0.417. The first-order valence-corrected chi connectivity index (χ1v) is 13.6. The highest BCUT2D eigenvalue weighted by atomic mass is 35.5. The quantitative estimate of drug-likeness (QED) is 0.490. The van der Waals surface area contributed by atoms with E-state index < -0.39 is 10.0 Å². The predicted molar refractivity (Wildman–Crippen MR) is 135 cm³/mol. The van der Waals surface area contributed by atoms with Crippen LogP contribution >= 0.6 is 23.1 Å². The zero-order valence-corrected chi connectivity index (χ0v) is 21.7. The Kier molecular flexibility index (Phi) is 6.82. The van der Waals surface area contributed by atoms with Crippen LogP contribution in [0.5, 0.6) is 0 Å². The molecule has 1 aliphatic heterocycles. The lowest BCUT2D eigenvalue weighted by Gasteiger charge is -2.38. The summed E-state index contributed by atoms with van der Waals surface area (Å²) >= 11 is 7.32. The fourth-order valence-corrected chi connectivity index (χ4v) is 6.42. The van der Waals surface area contributed by atoms with Gasteiger partial charge in [-0.05, 0) is 47.7 Å². The van der Waals surface area contributed by atoms with Crippen LogP contribution in [0.3, 0.4) is 0 Å². The van der Waals surface area contributed by atoms with Gasteiger partial charge in [0, 0.05) is 48.7 Å². The number of anilines is 1. The minimum absolute atomic E-state index is 0.0185. The largest absolute Gasteiger partial charge is 0.344 e. The van der Waals surface area contributed by atoms with E-state index in [4.69, 9.17) is 16.6 Å². The van der Waals surface area contributed by atoms with Crippen molar-refractivity contribution < 1.29 is 8.42 Å². The highest BCUT2D eigenvalue weighted by Gasteiger charge is 2.34. The van der Waals surface area contributed by atoms with Crippen molar-refractivity contribution in [1.82, 2.24) is 13.7 Å². The Morgan fingerprint density at radius 3 is 2.33 bits per heavy atom. The molecule has 33 heavy (non-hydrogen) atoms. The van der Waals surface area contributed by atoms with E-state index in [1.54, 1.807) is 16.4 Å². The molecule has 0 spiro atoms. The third-order valence-electron chi connectivity index (χ3n) is 5.90. The van der Waals surface area contributed by atoms with Gasteiger partial charge in [0.25, 0.3) is 0 Å². The Morgan fingerprint density at radius 2 is 1.73 bits per heavy atom. The van der Waals surface area contributed by atoms with Gasteiger partial charge in [0.05, 0.1) is 4.90 Å². The van der Waals surface area contributed by atoms with E-state index in [-0.39, 0.29) is 11.5 Å². The van der Waals surface area contributed by atoms with E-state index in [0.29, 0.717) is 36.0 Å². The van der Waals surface area contributed by atoms with Crippen LogP contribution in [-0.2, 0) is 21.9 Å². The third-order valence-corrected chi connectivity index (χ3v) is 8.99. The molecule has 2 heterocycles. The van der Waals surface area contributed by atoms with Gasteiger partial charge in [-0.15, -0.1) is 0 Å². The number of rotatable bonds is 5. The Morgan fingerprint density at radius 1 is 1.06 bits per heavy atom. The lowest BCUT2D eigenvalue weighted by Crippen LogP contribution is -2.54. The van der Waals surface area contributed by atoms with Gasteiger partial charge < -0.3 is 4.90 Å². The van der Waals surface area contributed by atoms with E-state index in [1.165, 1.54) is 11.5 Å². The molecule has 4 rings (SSSR count). The molecule has 1 aromatic heterocycles. The molecule has 1 saturated heterocycles. The first-order valence-electron chi connectivity index (χ1n) is 11.0. The van der Waals surface area contributed by atoms with Crippen LogP contribution in [0.2, 0.25) is 5.02 Å². The molecule has 0 amide bonds.